The summed E-state index contributed by atoms with van der Waals surface area (Å²) in [5.41, 5.74) is 1.10. The topological polar surface area (TPSA) is 29.9 Å². The molecular formula is C18H19N3. The summed E-state index contributed by atoms with van der Waals surface area (Å²) in [6.45, 7) is 0. The van der Waals surface area contributed by atoms with Crippen LogP contribution in [0.25, 0.3) is 10.8 Å². The van der Waals surface area contributed by atoms with Crippen molar-refractivity contribution < 1.29 is 0 Å². The van der Waals surface area contributed by atoms with Gasteiger partial charge in [-0.3, -0.25) is 0 Å². The van der Waals surface area contributed by atoms with Crippen molar-refractivity contribution in [3.05, 3.63) is 54.9 Å². The first-order valence-corrected chi connectivity index (χ1v) is 7.69. The van der Waals surface area contributed by atoms with Gasteiger partial charge in [-0.25, -0.2) is 4.98 Å². The summed E-state index contributed by atoms with van der Waals surface area (Å²) < 4.78 is 2.29. The van der Waals surface area contributed by atoms with E-state index < -0.39 is 0 Å². The first kappa shape index (κ1) is 12.5. The molecule has 1 saturated carbocycles. The zero-order chi connectivity index (χ0) is 14.1. The van der Waals surface area contributed by atoms with Gasteiger partial charge in [-0.15, -0.1) is 0 Å². The van der Waals surface area contributed by atoms with Gasteiger partial charge in [0, 0.05) is 24.1 Å². The maximum atomic E-state index is 4.49. The Kier molecular flexibility index (Phi) is 3.11. The van der Waals surface area contributed by atoms with E-state index in [1.165, 1.54) is 36.5 Å². The second-order valence-electron chi connectivity index (χ2n) is 5.78. The van der Waals surface area contributed by atoms with Crippen LogP contribution in [-0.2, 0) is 0 Å². The average Bonchev–Trinajstić information content (AvgIpc) is 3.18. The zero-order valence-corrected chi connectivity index (χ0v) is 12.0. The van der Waals surface area contributed by atoms with Crippen LogP contribution in [0.5, 0.6) is 0 Å². The van der Waals surface area contributed by atoms with Crippen LogP contribution in [0.3, 0.4) is 0 Å². The lowest BCUT2D eigenvalue weighted by molar-refractivity contribution is 0.525. The second-order valence-corrected chi connectivity index (χ2v) is 5.78. The predicted octanol–water partition coefficient (Wildman–Crippen LogP) is 4.90. The van der Waals surface area contributed by atoms with Crippen LogP contribution in [0.1, 0.15) is 31.7 Å². The summed E-state index contributed by atoms with van der Waals surface area (Å²) in [5, 5.41) is 5.99. The fourth-order valence-corrected chi connectivity index (χ4v) is 3.28. The van der Waals surface area contributed by atoms with Crippen LogP contribution in [-0.4, -0.2) is 9.55 Å². The highest BCUT2D eigenvalue weighted by molar-refractivity contribution is 5.86. The molecule has 0 radical (unpaired) electrons. The largest absolute Gasteiger partial charge is 0.326 e. The van der Waals surface area contributed by atoms with E-state index in [0.717, 1.165) is 11.6 Å². The Bertz CT molecular complexity index is 754. The molecule has 1 heterocycles. The van der Waals surface area contributed by atoms with E-state index in [-0.39, 0.29) is 0 Å². The quantitative estimate of drug-likeness (QED) is 0.738. The number of fused-ring (bicyclic) bond motifs is 1. The third kappa shape index (κ3) is 2.40. The molecular weight excluding hydrogens is 258 g/mol. The third-order valence-electron chi connectivity index (χ3n) is 4.39. The molecule has 1 aliphatic carbocycles. The highest BCUT2D eigenvalue weighted by Gasteiger charge is 2.19. The summed E-state index contributed by atoms with van der Waals surface area (Å²) in [4.78, 5) is 4.49. The number of imidazole rings is 1. The third-order valence-corrected chi connectivity index (χ3v) is 4.39. The molecule has 1 aliphatic rings. The predicted molar refractivity (Wildman–Crippen MR) is 87.0 cm³/mol. The maximum Gasteiger partial charge on any atom is 0.207 e. The Morgan fingerprint density at radius 1 is 1.00 bits per heavy atom. The van der Waals surface area contributed by atoms with Gasteiger partial charge in [0.05, 0.1) is 0 Å². The first-order chi connectivity index (χ1) is 10.4. The van der Waals surface area contributed by atoms with E-state index >= 15 is 0 Å². The number of nitrogens with zero attached hydrogens (tertiary/aromatic N) is 2. The highest BCUT2D eigenvalue weighted by Crippen LogP contribution is 2.32. The molecule has 4 rings (SSSR count). The van der Waals surface area contributed by atoms with Crippen molar-refractivity contribution in [2.45, 2.75) is 31.7 Å². The summed E-state index contributed by atoms with van der Waals surface area (Å²) in [6, 6.07) is 15.5. The Labute approximate surface area is 124 Å². The summed E-state index contributed by atoms with van der Waals surface area (Å²) in [7, 11) is 0. The average molecular weight is 277 g/mol. The lowest BCUT2D eigenvalue weighted by Gasteiger charge is -2.16. The molecule has 2 aromatic carbocycles. The van der Waals surface area contributed by atoms with E-state index in [9.17, 15) is 0 Å². The van der Waals surface area contributed by atoms with E-state index in [1.54, 1.807) is 0 Å². The fourth-order valence-electron chi connectivity index (χ4n) is 3.28. The standard InChI is InChI=1S/C18H19N3/c1-2-6-15-13-16(10-9-14(15)5-1)20-18-19-11-12-21(18)17-7-3-4-8-17/h1-2,5-6,9-13,17H,3-4,7-8H2,(H,19,20). The molecule has 21 heavy (non-hydrogen) atoms. The van der Waals surface area contributed by atoms with Crippen LogP contribution < -0.4 is 5.32 Å². The number of nitrogens with one attached hydrogen (secondary N) is 1. The number of hydrogen-bond acceptors (Lipinski definition) is 2. The molecule has 0 atom stereocenters. The summed E-state index contributed by atoms with van der Waals surface area (Å²) >= 11 is 0. The van der Waals surface area contributed by atoms with Crippen molar-refractivity contribution in [3.63, 3.8) is 0 Å². The van der Waals surface area contributed by atoms with E-state index in [1.807, 2.05) is 6.20 Å². The Balaban J connectivity index is 1.64. The lowest BCUT2D eigenvalue weighted by atomic mass is 10.1. The zero-order valence-electron chi connectivity index (χ0n) is 12.0. The normalized spacial score (nSPS) is 15.6. The molecule has 3 heteroatoms. The Hall–Kier alpha value is -2.29. The van der Waals surface area contributed by atoms with Gasteiger partial charge in [0.1, 0.15) is 0 Å². The fraction of sp³-hybridized carbons (Fsp3) is 0.278. The molecule has 0 amide bonds. The van der Waals surface area contributed by atoms with Gasteiger partial charge in [0.2, 0.25) is 5.95 Å². The Morgan fingerprint density at radius 3 is 2.67 bits per heavy atom. The van der Waals surface area contributed by atoms with Crippen LogP contribution >= 0.6 is 0 Å². The van der Waals surface area contributed by atoms with Crippen molar-refractivity contribution in [1.82, 2.24) is 9.55 Å². The molecule has 0 bridgehead atoms. The number of hydrogen-bond donors (Lipinski definition) is 1. The second kappa shape index (κ2) is 5.24. The van der Waals surface area contributed by atoms with Crippen molar-refractivity contribution in [3.8, 4) is 0 Å². The van der Waals surface area contributed by atoms with Gasteiger partial charge in [0.15, 0.2) is 0 Å². The highest BCUT2D eigenvalue weighted by atomic mass is 15.2. The Morgan fingerprint density at radius 2 is 1.81 bits per heavy atom. The minimum absolute atomic E-state index is 0.607. The number of rotatable bonds is 3. The van der Waals surface area contributed by atoms with Crippen LogP contribution in [0.2, 0.25) is 0 Å². The number of anilines is 2. The van der Waals surface area contributed by atoms with Crippen molar-refractivity contribution in [2.75, 3.05) is 5.32 Å². The van der Waals surface area contributed by atoms with E-state index in [0.29, 0.717) is 6.04 Å². The minimum atomic E-state index is 0.607. The molecule has 106 valence electrons. The first-order valence-electron chi connectivity index (χ1n) is 7.69. The van der Waals surface area contributed by atoms with Gasteiger partial charge >= 0.3 is 0 Å². The molecule has 3 aromatic rings. The summed E-state index contributed by atoms with van der Waals surface area (Å²) in [5.74, 6) is 0.956. The van der Waals surface area contributed by atoms with Crippen LogP contribution in [0.4, 0.5) is 11.6 Å². The van der Waals surface area contributed by atoms with Crippen LogP contribution in [0, 0.1) is 0 Å². The molecule has 3 nitrogen and oxygen atoms in total. The molecule has 1 aromatic heterocycles. The molecule has 0 aliphatic heterocycles. The molecule has 0 unspecified atom stereocenters. The lowest BCUT2D eigenvalue weighted by Crippen LogP contribution is -2.07. The van der Waals surface area contributed by atoms with Gasteiger partial charge in [0.25, 0.3) is 0 Å². The van der Waals surface area contributed by atoms with Gasteiger partial charge in [-0.1, -0.05) is 43.2 Å². The monoisotopic (exact) mass is 277 g/mol. The minimum Gasteiger partial charge on any atom is -0.326 e. The van der Waals surface area contributed by atoms with Gasteiger partial charge < -0.3 is 9.88 Å². The van der Waals surface area contributed by atoms with Gasteiger partial charge in [-0.2, -0.15) is 0 Å². The van der Waals surface area contributed by atoms with Crippen LogP contribution in [0.15, 0.2) is 54.9 Å². The number of benzene rings is 2. The van der Waals surface area contributed by atoms with E-state index in [4.69, 9.17) is 0 Å². The van der Waals surface area contributed by atoms with Gasteiger partial charge in [-0.05, 0) is 35.7 Å². The van der Waals surface area contributed by atoms with Crippen molar-refractivity contribution in [2.24, 2.45) is 0 Å². The molecule has 1 N–H and O–H groups in total. The SMILES string of the molecule is c1ccc2cc(Nc3nccn3C3CCCC3)ccc2c1. The van der Waals surface area contributed by atoms with E-state index in [2.05, 4.69) is 63.5 Å². The number of aromatic nitrogens is 2. The maximum absolute atomic E-state index is 4.49. The molecule has 0 spiro atoms. The molecule has 1 fully saturated rings. The summed E-state index contributed by atoms with van der Waals surface area (Å²) in [6.07, 6.45) is 9.18. The van der Waals surface area contributed by atoms with Crippen molar-refractivity contribution in [1.29, 1.82) is 0 Å². The smallest absolute Gasteiger partial charge is 0.207 e. The molecule has 0 saturated heterocycles. The van der Waals surface area contributed by atoms with Crippen molar-refractivity contribution >= 4 is 22.4 Å².